The van der Waals surface area contributed by atoms with Gasteiger partial charge in [0.2, 0.25) is 0 Å². The van der Waals surface area contributed by atoms with E-state index in [0.29, 0.717) is 6.42 Å². The van der Waals surface area contributed by atoms with Crippen molar-refractivity contribution < 1.29 is 14.6 Å². The van der Waals surface area contributed by atoms with E-state index in [0.717, 1.165) is 37.2 Å². The number of unbranched alkanes of at least 4 members (excludes halogenated alkanes) is 1. The van der Waals surface area contributed by atoms with E-state index in [1.165, 1.54) is 5.56 Å². The third kappa shape index (κ3) is 5.21. The molecule has 0 amide bonds. The summed E-state index contributed by atoms with van der Waals surface area (Å²) in [6.45, 7) is 4.90. The second-order valence-electron chi connectivity index (χ2n) is 4.56. The van der Waals surface area contributed by atoms with Crippen molar-refractivity contribution in [3.8, 4) is 5.75 Å². The van der Waals surface area contributed by atoms with Gasteiger partial charge >= 0.3 is 5.97 Å². The highest BCUT2D eigenvalue weighted by Gasteiger charge is 2.05. The molecule has 1 rings (SSSR count). The molecule has 3 nitrogen and oxygen atoms in total. The maximum Gasteiger partial charge on any atom is 0.303 e. The molecule has 0 saturated carbocycles. The minimum atomic E-state index is -0.740. The van der Waals surface area contributed by atoms with Crippen LogP contribution in [0.25, 0.3) is 0 Å². The van der Waals surface area contributed by atoms with Crippen molar-refractivity contribution in [1.29, 1.82) is 0 Å². The normalized spacial score (nSPS) is 10.3. The molecule has 100 valence electrons. The summed E-state index contributed by atoms with van der Waals surface area (Å²) < 4.78 is 5.74. The molecule has 0 aliphatic heterocycles. The first-order chi connectivity index (χ1) is 8.63. The average molecular weight is 250 g/mol. The van der Waals surface area contributed by atoms with Crippen molar-refractivity contribution in [1.82, 2.24) is 0 Å². The lowest BCUT2D eigenvalue weighted by molar-refractivity contribution is -0.137. The van der Waals surface area contributed by atoms with Gasteiger partial charge in [-0.3, -0.25) is 4.79 Å². The van der Waals surface area contributed by atoms with E-state index in [9.17, 15) is 4.79 Å². The predicted molar refractivity (Wildman–Crippen MR) is 72.2 cm³/mol. The lowest BCUT2D eigenvalue weighted by Gasteiger charge is -2.12. The number of hydrogen-bond donors (Lipinski definition) is 1. The molecule has 0 heterocycles. The molecule has 1 N–H and O–H groups in total. The third-order valence-corrected chi connectivity index (χ3v) is 2.81. The standard InChI is InChI=1S/C15H22O3/c1-3-4-10-18-14-9-8-12(2)11-13(14)6-5-7-15(16)17/h8-9,11H,3-7,10H2,1-2H3,(H,16,17). The van der Waals surface area contributed by atoms with Crippen LogP contribution in [0, 0.1) is 6.92 Å². The summed E-state index contributed by atoms with van der Waals surface area (Å²) in [5, 5.41) is 8.66. The summed E-state index contributed by atoms with van der Waals surface area (Å²) in [6, 6.07) is 6.10. The van der Waals surface area contributed by atoms with E-state index in [2.05, 4.69) is 13.0 Å². The van der Waals surface area contributed by atoms with E-state index in [1.54, 1.807) is 0 Å². The summed E-state index contributed by atoms with van der Waals surface area (Å²) in [4.78, 5) is 10.5. The molecule has 0 aliphatic rings. The molecule has 0 aromatic heterocycles. The molecule has 0 aliphatic carbocycles. The smallest absolute Gasteiger partial charge is 0.303 e. The molecule has 1 aromatic carbocycles. The van der Waals surface area contributed by atoms with Gasteiger partial charge in [-0.25, -0.2) is 0 Å². The van der Waals surface area contributed by atoms with Crippen molar-refractivity contribution in [2.75, 3.05) is 6.61 Å². The quantitative estimate of drug-likeness (QED) is 0.717. The van der Waals surface area contributed by atoms with Crippen LogP contribution in [0.2, 0.25) is 0 Å². The van der Waals surface area contributed by atoms with Gasteiger partial charge in [0.15, 0.2) is 0 Å². The van der Waals surface area contributed by atoms with Gasteiger partial charge in [-0.15, -0.1) is 0 Å². The van der Waals surface area contributed by atoms with Gasteiger partial charge in [0.1, 0.15) is 5.75 Å². The highest BCUT2D eigenvalue weighted by Crippen LogP contribution is 2.22. The Hall–Kier alpha value is -1.51. The summed E-state index contributed by atoms with van der Waals surface area (Å²) in [5.41, 5.74) is 2.30. The van der Waals surface area contributed by atoms with Crippen LogP contribution in [0.4, 0.5) is 0 Å². The van der Waals surface area contributed by atoms with Crippen molar-refractivity contribution >= 4 is 5.97 Å². The van der Waals surface area contributed by atoms with Crippen LogP contribution in [0.3, 0.4) is 0 Å². The number of carboxylic acids is 1. The number of aryl methyl sites for hydroxylation is 2. The largest absolute Gasteiger partial charge is 0.493 e. The summed E-state index contributed by atoms with van der Waals surface area (Å²) in [6.07, 6.45) is 3.78. The number of carbonyl (C=O) groups is 1. The second-order valence-corrected chi connectivity index (χ2v) is 4.56. The summed E-state index contributed by atoms with van der Waals surface area (Å²) in [7, 11) is 0. The zero-order chi connectivity index (χ0) is 13.4. The molecule has 0 saturated heterocycles. The number of rotatable bonds is 8. The lowest BCUT2D eigenvalue weighted by Crippen LogP contribution is -2.02. The molecule has 0 atom stereocenters. The Labute approximate surface area is 109 Å². The van der Waals surface area contributed by atoms with Crippen molar-refractivity contribution in [2.45, 2.75) is 46.0 Å². The summed E-state index contributed by atoms with van der Waals surface area (Å²) >= 11 is 0. The first kappa shape index (κ1) is 14.6. The molecule has 1 aromatic rings. The zero-order valence-electron chi connectivity index (χ0n) is 11.2. The lowest BCUT2D eigenvalue weighted by atomic mass is 10.0. The maximum atomic E-state index is 10.5. The minimum absolute atomic E-state index is 0.211. The maximum absolute atomic E-state index is 10.5. The van der Waals surface area contributed by atoms with Gasteiger partial charge in [-0.05, 0) is 37.8 Å². The number of hydrogen-bond acceptors (Lipinski definition) is 2. The molecule has 0 spiro atoms. The van der Waals surface area contributed by atoms with Gasteiger partial charge in [0.25, 0.3) is 0 Å². The van der Waals surface area contributed by atoms with E-state index in [1.807, 2.05) is 19.1 Å². The second kappa shape index (κ2) is 7.75. The predicted octanol–water partition coefficient (Wildman–Crippen LogP) is 3.58. The Morgan fingerprint density at radius 1 is 1.33 bits per heavy atom. The fraction of sp³-hybridized carbons (Fsp3) is 0.533. The van der Waals surface area contributed by atoms with Gasteiger partial charge in [-0.2, -0.15) is 0 Å². The molecule has 0 fully saturated rings. The van der Waals surface area contributed by atoms with Gasteiger partial charge in [0, 0.05) is 6.42 Å². The number of carboxylic acid groups (broad SMARTS) is 1. The highest BCUT2D eigenvalue weighted by molar-refractivity contribution is 5.66. The molecule has 0 unspecified atom stereocenters. The van der Waals surface area contributed by atoms with Crippen LogP contribution < -0.4 is 4.74 Å². The van der Waals surface area contributed by atoms with Gasteiger partial charge in [-0.1, -0.05) is 31.0 Å². The Bertz CT molecular complexity index is 385. The van der Waals surface area contributed by atoms with E-state index in [-0.39, 0.29) is 6.42 Å². The van der Waals surface area contributed by atoms with E-state index < -0.39 is 5.97 Å². The minimum Gasteiger partial charge on any atom is -0.493 e. The molecular formula is C15H22O3. The highest BCUT2D eigenvalue weighted by atomic mass is 16.5. The molecule has 3 heteroatoms. The van der Waals surface area contributed by atoms with Gasteiger partial charge in [0.05, 0.1) is 6.61 Å². The fourth-order valence-electron chi connectivity index (χ4n) is 1.80. The first-order valence-electron chi connectivity index (χ1n) is 6.57. The number of benzene rings is 1. The van der Waals surface area contributed by atoms with Crippen molar-refractivity contribution in [3.05, 3.63) is 29.3 Å². The molecular weight excluding hydrogens is 228 g/mol. The monoisotopic (exact) mass is 250 g/mol. The van der Waals surface area contributed by atoms with Gasteiger partial charge < -0.3 is 9.84 Å². The van der Waals surface area contributed by atoms with Crippen LogP contribution in [-0.2, 0) is 11.2 Å². The first-order valence-corrected chi connectivity index (χ1v) is 6.57. The van der Waals surface area contributed by atoms with Crippen LogP contribution in [0.1, 0.15) is 43.7 Å². The van der Waals surface area contributed by atoms with E-state index in [4.69, 9.17) is 9.84 Å². The Balaban J connectivity index is 2.61. The SMILES string of the molecule is CCCCOc1ccc(C)cc1CCCC(=O)O. The number of ether oxygens (including phenoxy) is 1. The molecule has 0 radical (unpaired) electrons. The van der Waals surface area contributed by atoms with Crippen molar-refractivity contribution in [2.24, 2.45) is 0 Å². The Morgan fingerprint density at radius 2 is 2.11 bits per heavy atom. The molecule has 0 bridgehead atoms. The average Bonchev–Trinajstić information content (AvgIpc) is 2.31. The Morgan fingerprint density at radius 3 is 2.78 bits per heavy atom. The number of aliphatic carboxylic acids is 1. The van der Waals surface area contributed by atoms with Crippen molar-refractivity contribution in [3.63, 3.8) is 0 Å². The van der Waals surface area contributed by atoms with E-state index >= 15 is 0 Å². The van der Waals surface area contributed by atoms with Crippen LogP contribution in [-0.4, -0.2) is 17.7 Å². The topological polar surface area (TPSA) is 46.5 Å². The Kier molecular flexibility index (Phi) is 6.26. The van der Waals surface area contributed by atoms with Crippen LogP contribution >= 0.6 is 0 Å². The van der Waals surface area contributed by atoms with Crippen LogP contribution in [0.15, 0.2) is 18.2 Å². The molecule has 18 heavy (non-hydrogen) atoms. The summed E-state index contributed by atoms with van der Waals surface area (Å²) in [5.74, 6) is 0.163. The third-order valence-electron chi connectivity index (χ3n) is 2.81. The van der Waals surface area contributed by atoms with Crippen LogP contribution in [0.5, 0.6) is 5.75 Å². The fourth-order valence-corrected chi connectivity index (χ4v) is 1.80. The zero-order valence-corrected chi connectivity index (χ0v) is 11.2.